The van der Waals surface area contributed by atoms with Crippen LogP contribution in [0.1, 0.15) is 30.9 Å². The maximum absolute atomic E-state index is 9.77. The fourth-order valence-electron chi connectivity index (χ4n) is 2.60. The highest BCUT2D eigenvalue weighted by molar-refractivity contribution is 7.99. The van der Waals surface area contributed by atoms with E-state index >= 15 is 0 Å². The Balaban J connectivity index is 0.000000433. The first-order valence-electron chi connectivity index (χ1n) is 9.58. The normalized spacial score (nSPS) is 12.3. The molecule has 0 fully saturated rings. The molecule has 0 radical (unpaired) electrons. The van der Waals surface area contributed by atoms with E-state index in [1.54, 1.807) is 17.8 Å². The van der Waals surface area contributed by atoms with E-state index in [1.165, 1.54) is 0 Å². The molecular formula is C20H25ClN4O6S. The predicted octanol–water partition coefficient (Wildman–Crippen LogP) is 1.52. The van der Waals surface area contributed by atoms with Gasteiger partial charge in [0.25, 0.3) is 0 Å². The molecule has 1 aromatic heterocycles. The van der Waals surface area contributed by atoms with Crippen LogP contribution in [0.15, 0.2) is 28.1 Å². The Morgan fingerprint density at radius 3 is 2.25 bits per heavy atom. The smallest absolute Gasteiger partial charge is 0.335 e. The third-order valence-electron chi connectivity index (χ3n) is 4.11. The van der Waals surface area contributed by atoms with Gasteiger partial charge in [0.1, 0.15) is 10.9 Å². The van der Waals surface area contributed by atoms with E-state index in [0.717, 1.165) is 40.8 Å². The summed E-state index contributed by atoms with van der Waals surface area (Å²) >= 11 is 7.70. The molecule has 12 heteroatoms. The Labute approximate surface area is 194 Å². The predicted molar refractivity (Wildman–Crippen MR) is 118 cm³/mol. The molecule has 1 aromatic carbocycles. The third kappa shape index (κ3) is 7.51. The van der Waals surface area contributed by atoms with Crippen LogP contribution in [0.3, 0.4) is 0 Å². The molecular weight excluding hydrogens is 460 g/mol. The average Bonchev–Trinajstić information content (AvgIpc) is 3.08. The van der Waals surface area contributed by atoms with Crippen LogP contribution in [0.2, 0.25) is 5.02 Å². The molecule has 0 spiro atoms. The van der Waals surface area contributed by atoms with E-state index in [9.17, 15) is 9.59 Å². The van der Waals surface area contributed by atoms with E-state index in [1.807, 2.05) is 12.1 Å². The number of halogens is 1. The highest BCUT2D eigenvalue weighted by atomic mass is 35.5. The van der Waals surface area contributed by atoms with Crippen LogP contribution in [0.5, 0.6) is 0 Å². The Morgan fingerprint density at radius 2 is 1.81 bits per heavy atom. The summed E-state index contributed by atoms with van der Waals surface area (Å²) in [4.78, 5) is 25.2. The van der Waals surface area contributed by atoms with Crippen molar-refractivity contribution in [3.05, 3.63) is 40.3 Å². The summed E-state index contributed by atoms with van der Waals surface area (Å²) in [6.45, 7) is 5.62. The van der Waals surface area contributed by atoms with E-state index in [2.05, 4.69) is 24.5 Å². The minimum Gasteiger partial charge on any atom is -0.479 e. The number of aliphatic hydroxyl groups excluding tert-OH is 2. The first-order valence-corrected chi connectivity index (χ1v) is 10.8. The number of carboxylic acid groups (broad SMARTS) is 2. The summed E-state index contributed by atoms with van der Waals surface area (Å²) in [5.41, 5.74) is 7.31. The average molecular weight is 485 g/mol. The summed E-state index contributed by atoms with van der Waals surface area (Å²) in [6.07, 6.45) is -2.91. The Kier molecular flexibility index (Phi) is 11.2. The van der Waals surface area contributed by atoms with Gasteiger partial charge in [-0.05, 0) is 38.1 Å². The zero-order chi connectivity index (χ0) is 24.4. The number of rotatable bonds is 9. The second-order valence-corrected chi connectivity index (χ2v) is 7.87. The Hall–Kier alpha value is -2.62. The van der Waals surface area contributed by atoms with Gasteiger partial charge in [0, 0.05) is 22.9 Å². The van der Waals surface area contributed by atoms with Crippen LogP contribution in [0.25, 0.3) is 0 Å². The van der Waals surface area contributed by atoms with Crippen LogP contribution in [-0.2, 0) is 29.0 Å². The third-order valence-corrected chi connectivity index (χ3v) is 5.45. The number of aryl methyl sites for hydroxylation is 1. The molecule has 0 bridgehead atoms. The quantitative estimate of drug-likeness (QED) is 0.349. The number of nitrogens with two attached hydrogens (primary N) is 1. The SMILES string of the molecule is CCc1nc(CCN)n(CC)c1Sc1cc(Cl)cc(C#N)c1.O=C(O)[C@H](O)[C@@H](O)C(=O)O. The molecule has 0 unspecified atom stereocenters. The lowest BCUT2D eigenvalue weighted by atomic mass is 10.2. The largest absolute Gasteiger partial charge is 0.479 e. The van der Waals surface area contributed by atoms with Gasteiger partial charge < -0.3 is 30.7 Å². The van der Waals surface area contributed by atoms with Crippen LogP contribution < -0.4 is 5.73 Å². The highest BCUT2D eigenvalue weighted by Gasteiger charge is 2.29. The van der Waals surface area contributed by atoms with Gasteiger partial charge in [-0.2, -0.15) is 5.26 Å². The van der Waals surface area contributed by atoms with Gasteiger partial charge in [-0.15, -0.1) is 0 Å². The van der Waals surface area contributed by atoms with Gasteiger partial charge in [0.05, 0.1) is 17.3 Å². The summed E-state index contributed by atoms with van der Waals surface area (Å²) in [6, 6.07) is 7.54. The zero-order valence-corrected chi connectivity index (χ0v) is 19.1. The molecule has 2 rings (SSSR count). The fourth-order valence-corrected chi connectivity index (χ4v) is 4.14. The number of carboxylic acids is 2. The first kappa shape index (κ1) is 27.4. The number of benzene rings is 1. The molecule has 2 atom stereocenters. The lowest BCUT2D eigenvalue weighted by Crippen LogP contribution is -2.39. The number of aliphatic carboxylic acids is 2. The maximum Gasteiger partial charge on any atom is 0.335 e. The first-order chi connectivity index (χ1) is 15.1. The number of aliphatic hydroxyl groups is 2. The van der Waals surface area contributed by atoms with Crippen molar-refractivity contribution >= 4 is 35.3 Å². The summed E-state index contributed by atoms with van der Waals surface area (Å²) in [5.74, 6) is -2.52. The number of imidazole rings is 1. The number of hydrogen-bond acceptors (Lipinski definition) is 8. The monoisotopic (exact) mass is 484 g/mol. The number of nitriles is 1. The Morgan fingerprint density at radius 1 is 1.22 bits per heavy atom. The topological polar surface area (TPSA) is 183 Å². The van der Waals surface area contributed by atoms with Gasteiger partial charge >= 0.3 is 11.9 Å². The van der Waals surface area contributed by atoms with Crippen LogP contribution in [-0.4, -0.2) is 60.7 Å². The lowest BCUT2D eigenvalue weighted by Gasteiger charge is -2.10. The molecule has 0 aliphatic heterocycles. The van der Waals surface area contributed by atoms with Crippen molar-refractivity contribution in [3.8, 4) is 6.07 Å². The number of aromatic nitrogens is 2. The standard InChI is InChI=1S/C16H19ClN4S.C4H6O6/c1-3-14-16(21(4-2)15(20-14)5-6-18)22-13-8-11(10-19)7-12(17)9-13;5-1(3(7)8)2(6)4(9)10/h7-9H,3-6,18H2,1-2H3;1-2,5-6H,(H,7,8)(H,9,10)/t;1-,2-/m.1/s1. The van der Waals surface area contributed by atoms with E-state index in [4.69, 9.17) is 48.0 Å². The van der Waals surface area contributed by atoms with Gasteiger partial charge in [0.2, 0.25) is 0 Å². The molecule has 6 N–H and O–H groups in total. The van der Waals surface area contributed by atoms with Crippen molar-refractivity contribution in [2.24, 2.45) is 5.73 Å². The van der Waals surface area contributed by atoms with Crippen molar-refractivity contribution in [2.75, 3.05) is 6.54 Å². The minimum absolute atomic E-state index is 0.567. The van der Waals surface area contributed by atoms with Crippen molar-refractivity contribution in [1.29, 1.82) is 5.26 Å². The van der Waals surface area contributed by atoms with Crippen molar-refractivity contribution in [1.82, 2.24) is 9.55 Å². The molecule has 1 heterocycles. The molecule has 0 saturated carbocycles. The Bertz CT molecular complexity index is 973. The van der Waals surface area contributed by atoms with Gasteiger partial charge in [-0.1, -0.05) is 30.3 Å². The summed E-state index contributed by atoms with van der Waals surface area (Å²) in [5, 5.41) is 43.3. The number of carbonyl (C=O) groups is 2. The fraction of sp³-hybridized carbons (Fsp3) is 0.400. The second kappa shape index (κ2) is 13.0. The van der Waals surface area contributed by atoms with Gasteiger partial charge in [-0.3, -0.25) is 0 Å². The summed E-state index contributed by atoms with van der Waals surface area (Å²) in [7, 11) is 0. The zero-order valence-electron chi connectivity index (χ0n) is 17.5. The van der Waals surface area contributed by atoms with Gasteiger partial charge in [-0.25, -0.2) is 14.6 Å². The minimum atomic E-state index is -2.27. The van der Waals surface area contributed by atoms with E-state index in [-0.39, 0.29) is 0 Å². The van der Waals surface area contributed by atoms with Crippen LogP contribution in [0.4, 0.5) is 0 Å². The number of nitrogens with zero attached hydrogens (tertiary/aromatic N) is 3. The molecule has 174 valence electrons. The molecule has 2 aromatic rings. The molecule has 10 nitrogen and oxygen atoms in total. The van der Waals surface area contributed by atoms with Gasteiger partial charge in [0.15, 0.2) is 12.2 Å². The molecule has 0 aliphatic rings. The molecule has 0 aliphatic carbocycles. The van der Waals surface area contributed by atoms with Crippen LogP contribution >= 0.6 is 23.4 Å². The maximum atomic E-state index is 9.77. The van der Waals surface area contributed by atoms with E-state index < -0.39 is 24.1 Å². The highest BCUT2D eigenvalue weighted by Crippen LogP contribution is 2.34. The van der Waals surface area contributed by atoms with E-state index in [0.29, 0.717) is 17.1 Å². The molecule has 0 amide bonds. The van der Waals surface area contributed by atoms with Crippen molar-refractivity contribution in [3.63, 3.8) is 0 Å². The lowest BCUT2D eigenvalue weighted by molar-refractivity contribution is -0.165. The van der Waals surface area contributed by atoms with Crippen LogP contribution in [0, 0.1) is 11.3 Å². The number of hydrogen-bond donors (Lipinski definition) is 5. The second-order valence-electron chi connectivity index (χ2n) is 6.37. The molecule has 32 heavy (non-hydrogen) atoms. The van der Waals surface area contributed by atoms with Crippen molar-refractivity contribution < 1.29 is 30.0 Å². The molecule has 0 saturated heterocycles. The summed E-state index contributed by atoms with van der Waals surface area (Å²) < 4.78 is 2.20. The van der Waals surface area contributed by atoms with Crippen molar-refractivity contribution in [2.45, 2.75) is 55.4 Å².